The molecular formula is C28H27F2N5O. The smallest absolute Gasteiger partial charge is 0.276 e. The first-order chi connectivity index (χ1) is 17.5. The van der Waals surface area contributed by atoms with Crippen molar-refractivity contribution in [1.29, 1.82) is 0 Å². The molecule has 0 aliphatic carbocycles. The van der Waals surface area contributed by atoms with Gasteiger partial charge in [-0.2, -0.15) is 0 Å². The van der Waals surface area contributed by atoms with Gasteiger partial charge in [-0.15, -0.1) is 0 Å². The minimum absolute atomic E-state index is 0.162. The second-order valence-corrected chi connectivity index (χ2v) is 9.10. The molecule has 0 unspecified atom stereocenters. The van der Waals surface area contributed by atoms with Crippen LogP contribution in [0.5, 0.6) is 0 Å². The van der Waals surface area contributed by atoms with Crippen molar-refractivity contribution in [1.82, 2.24) is 14.5 Å². The van der Waals surface area contributed by atoms with Crippen molar-refractivity contribution in [3.05, 3.63) is 118 Å². The molecule has 0 bridgehead atoms. The van der Waals surface area contributed by atoms with Gasteiger partial charge < -0.3 is 10.6 Å². The molecule has 8 heteroatoms. The Morgan fingerprint density at radius 1 is 0.972 bits per heavy atom. The average Bonchev–Trinajstić information content (AvgIpc) is 3.28. The van der Waals surface area contributed by atoms with E-state index in [0.717, 1.165) is 25.0 Å². The lowest BCUT2D eigenvalue weighted by atomic mass is 9.94. The van der Waals surface area contributed by atoms with Crippen molar-refractivity contribution < 1.29 is 8.78 Å². The molecule has 5 rings (SSSR count). The Hall–Kier alpha value is -3.91. The number of aromatic nitrogens is 3. The summed E-state index contributed by atoms with van der Waals surface area (Å²) in [5.74, 6) is -0.623. The van der Waals surface area contributed by atoms with Crippen molar-refractivity contribution in [3.63, 3.8) is 0 Å². The number of benzene rings is 2. The van der Waals surface area contributed by atoms with Crippen LogP contribution in [0.25, 0.3) is 5.69 Å². The first-order valence-corrected chi connectivity index (χ1v) is 12.0. The highest BCUT2D eigenvalue weighted by atomic mass is 19.1. The number of anilines is 1. The van der Waals surface area contributed by atoms with Crippen molar-refractivity contribution in [3.8, 4) is 5.69 Å². The maximum Gasteiger partial charge on any atom is 0.276 e. The molecule has 1 fully saturated rings. The van der Waals surface area contributed by atoms with Crippen LogP contribution in [0.4, 0.5) is 14.6 Å². The van der Waals surface area contributed by atoms with Crippen LogP contribution in [0.3, 0.4) is 0 Å². The molecule has 4 aromatic rings. The lowest BCUT2D eigenvalue weighted by molar-refractivity contribution is 0.551. The minimum Gasteiger partial charge on any atom is -0.354 e. The summed E-state index contributed by atoms with van der Waals surface area (Å²) in [7, 11) is 0. The van der Waals surface area contributed by atoms with Crippen molar-refractivity contribution in [2.75, 3.05) is 18.0 Å². The third kappa shape index (κ3) is 5.04. The molecule has 0 saturated carbocycles. The van der Waals surface area contributed by atoms with E-state index in [1.54, 1.807) is 23.2 Å². The Bertz CT molecular complexity index is 1390. The van der Waals surface area contributed by atoms with E-state index < -0.39 is 11.6 Å². The molecule has 184 valence electrons. The van der Waals surface area contributed by atoms with Crippen LogP contribution in [-0.2, 0) is 12.8 Å². The Kier molecular flexibility index (Phi) is 6.86. The Labute approximate surface area is 208 Å². The molecule has 3 heterocycles. The van der Waals surface area contributed by atoms with E-state index in [9.17, 15) is 13.6 Å². The van der Waals surface area contributed by atoms with Gasteiger partial charge in [-0.05, 0) is 60.7 Å². The fraction of sp³-hybridized carbons (Fsp3) is 0.250. The van der Waals surface area contributed by atoms with E-state index in [1.165, 1.54) is 11.6 Å². The van der Waals surface area contributed by atoms with Gasteiger partial charge in [0.15, 0.2) is 0 Å². The Morgan fingerprint density at radius 3 is 2.58 bits per heavy atom. The summed E-state index contributed by atoms with van der Waals surface area (Å²) in [6.07, 6.45) is 7.19. The summed E-state index contributed by atoms with van der Waals surface area (Å²) in [4.78, 5) is 23.8. The van der Waals surface area contributed by atoms with Gasteiger partial charge >= 0.3 is 0 Å². The molecule has 0 radical (unpaired) electrons. The lowest BCUT2D eigenvalue weighted by Crippen LogP contribution is -2.29. The molecule has 0 amide bonds. The van der Waals surface area contributed by atoms with Crippen LogP contribution in [0.1, 0.15) is 29.2 Å². The van der Waals surface area contributed by atoms with Crippen molar-refractivity contribution in [2.45, 2.75) is 31.2 Å². The number of hydrogen-bond acceptors (Lipinski definition) is 5. The van der Waals surface area contributed by atoms with Crippen LogP contribution in [-0.4, -0.2) is 33.7 Å². The number of aryl methyl sites for hydroxylation is 2. The largest absolute Gasteiger partial charge is 0.354 e. The van der Waals surface area contributed by atoms with Crippen molar-refractivity contribution in [2.24, 2.45) is 5.73 Å². The fourth-order valence-electron chi connectivity index (χ4n) is 4.78. The average molecular weight is 488 g/mol. The van der Waals surface area contributed by atoms with Gasteiger partial charge in [0.2, 0.25) is 0 Å². The van der Waals surface area contributed by atoms with E-state index in [1.807, 2.05) is 35.2 Å². The molecule has 1 aliphatic heterocycles. The summed E-state index contributed by atoms with van der Waals surface area (Å²) < 4.78 is 29.5. The molecule has 1 saturated heterocycles. The molecule has 36 heavy (non-hydrogen) atoms. The molecule has 0 spiro atoms. The van der Waals surface area contributed by atoms with Crippen LogP contribution in [0.2, 0.25) is 0 Å². The predicted molar refractivity (Wildman–Crippen MR) is 135 cm³/mol. The maximum absolute atomic E-state index is 14.3. The number of rotatable bonds is 7. The maximum atomic E-state index is 14.3. The van der Waals surface area contributed by atoms with E-state index in [4.69, 9.17) is 5.73 Å². The van der Waals surface area contributed by atoms with Gasteiger partial charge in [0.25, 0.3) is 5.56 Å². The summed E-state index contributed by atoms with van der Waals surface area (Å²) in [6.45, 7) is 0.891. The molecule has 2 atom stereocenters. The van der Waals surface area contributed by atoms with Gasteiger partial charge in [0, 0.05) is 37.4 Å². The van der Waals surface area contributed by atoms with E-state index in [0.29, 0.717) is 36.7 Å². The van der Waals surface area contributed by atoms with Crippen molar-refractivity contribution >= 4 is 5.82 Å². The van der Waals surface area contributed by atoms with Crippen LogP contribution in [0.15, 0.2) is 84.0 Å². The fourth-order valence-corrected chi connectivity index (χ4v) is 4.78. The zero-order chi connectivity index (χ0) is 25.1. The normalized spacial score (nSPS) is 17.5. The number of nitrogens with two attached hydrogens (primary N) is 1. The van der Waals surface area contributed by atoms with Crippen LogP contribution < -0.4 is 16.2 Å². The number of halogens is 2. The van der Waals surface area contributed by atoms with E-state index in [-0.39, 0.29) is 23.1 Å². The van der Waals surface area contributed by atoms with E-state index >= 15 is 0 Å². The summed E-state index contributed by atoms with van der Waals surface area (Å²) in [5, 5.41) is 0. The highest BCUT2D eigenvalue weighted by Crippen LogP contribution is 2.31. The first-order valence-electron chi connectivity index (χ1n) is 12.0. The number of nitrogens with zero attached hydrogens (tertiary/aromatic N) is 4. The second-order valence-electron chi connectivity index (χ2n) is 9.10. The highest BCUT2D eigenvalue weighted by Gasteiger charge is 2.34. The number of pyridine rings is 1. The topological polar surface area (TPSA) is 77.0 Å². The molecule has 6 nitrogen and oxygen atoms in total. The highest BCUT2D eigenvalue weighted by molar-refractivity contribution is 5.46. The van der Waals surface area contributed by atoms with Gasteiger partial charge in [-0.25, -0.2) is 13.8 Å². The Balaban J connectivity index is 1.28. The van der Waals surface area contributed by atoms with Crippen LogP contribution >= 0.6 is 0 Å². The molecular weight excluding hydrogens is 460 g/mol. The quantitative estimate of drug-likeness (QED) is 0.426. The second kappa shape index (κ2) is 10.4. The van der Waals surface area contributed by atoms with E-state index in [2.05, 4.69) is 22.1 Å². The third-order valence-corrected chi connectivity index (χ3v) is 6.69. The third-order valence-electron chi connectivity index (χ3n) is 6.69. The van der Waals surface area contributed by atoms with Crippen LogP contribution in [0, 0.1) is 11.6 Å². The van der Waals surface area contributed by atoms with Gasteiger partial charge in [0.05, 0.1) is 11.9 Å². The van der Waals surface area contributed by atoms with Gasteiger partial charge in [-0.1, -0.05) is 30.3 Å². The molecule has 2 aromatic heterocycles. The first kappa shape index (κ1) is 23.8. The molecule has 2 N–H and O–H groups in total. The predicted octanol–water partition coefficient (Wildman–Crippen LogP) is 4.01. The van der Waals surface area contributed by atoms with Gasteiger partial charge in [-0.3, -0.25) is 14.3 Å². The zero-order valence-electron chi connectivity index (χ0n) is 19.7. The number of hydrogen-bond donors (Lipinski definition) is 1. The SMILES string of the molecule is N[C@H]1CN(c2ccc(-n3ccnc(CCCc4ccccc4)c3=O)cn2)C[C@@H]1c1cc(F)ccc1F. The Morgan fingerprint density at radius 2 is 1.81 bits per heavy atom. The minimum atomic E-state index is -0.484. The summed E-state index contributed by atoms with van der Waals surface area (Å²) in [6, 6.07) is 16.9. The summed E-state index contributed by atoms with van der Waals surface area (Å²) >= 11 is 0. The molecule has 2 aromatic carbocycles. The monoisotopic (exact) mass is 487 g/mol. The summed E-state index contributed by atoms with van der Waals surface area (Å²) in [5.41, 5.74) is 8.78. The standard InChI is InChI=1S/C28H27F2N5O/c29-20-9-11-24(30)22(15-20)23-17-34(18-25(23)31)27-12-10-21(16-33-27)35-14-13-32-26(28(35)36)8-4-7-19-5-2-1-3-6-19/h1-3,5-6,9-16,23,25H,4,7-8,17-18,31H2/t23-,25+/m1/s1. The van der Waals surface area contributed by atoms with Gasteiger partial charge in [0.1, 0.15) is 23.1 Å². The lowest BCUT2D eigenvalue weighted by Gasteiger charge is -2.18. The molecule has 1 aliphatic rings. The zero-order valence-corrected chi connectivity index (χ0v) is 19.7.